The second-order valence-corrected chi connectivity index (χ2v) is 18.0. The second kappa shape index (κ2) is 15.1. The molecule has 0 fully saturated rings. The van der Waals surface area contributed by atoms with Crippen molar-refractivity contribution < 1.29 is 9.05 Å². The summed E-state index contributed by atoms with van der Waals surface area (Å²) in [6.45, 7) is 28.1. The highest BCUT2D eigenvalue weighted by Crippen LogP contribution is 2.49. The molecule has 274 valence electrons. The van der Waals surface area contributed by atoms with Crippen LogP contribution in [-0.4, -0.2) is 10.3 Å². The van der Waals surface area contributed by atoms with Crippen LogP contribution in [0.1, 0.15) is 184 Å². The van der Waals surface area contributed by atoms with E-state index >= 15 is 0 Å². The molecule has 4 nitrogen and oxygen atoms in total. The van der Waals surface area contributed by atoms with Gasteiger partial charge in [0.15, 0.2) is 11.5 Å². The first-order chi connectivity index (χ1) is 24.0. The summed E-state index contributed by atoms with van der Waals surface area (Å²) in [7, 11) is 0. The van der Waals surface area contributed by atoms with Crippen molar-refractivity contribution in [3.05, 3.63) is 105 Å². The zero-order valence-corrected chi connectivity index (χ0v) is 33.8. The van der Waals surface area contributed by atoms with E-state index in [-0.39, 0.29) is 21.7 Å². The van der Waals surface area contributed by atoms with Crippen molar-refractivity contribution in [2.75, 3.05) is 0 Å². The van der Waals surface area contributed by atoms with E-state index in [1.54, 1.807) is 23.5 Å². The Bertz CT molecular complexity index is 1850. The Kier molecular flexibility index (Phi) is 11.4. The van der Waals surface area contributed by atoms with E-state index in [1.807, 2.05) is 12.1 Å². The quantitative estimate of drug-likeness (QED) is 0.176. The zero-order valence-electron chi connectivity index (χ0n) is 33.8. The van der Waals surface area contributed by atoms with Gasteiger partial charge in [-0.15, -0.1) is 0 Å². The molecule has 0 spiro atoms. The van der Waals surface area contributed by atoms with Gasteiger partial charge in [0.2, 0.25) is 0 Å². The van der Waals surface area contributed by atoms with Gasteiger partial charge in [0.25, 0.3) is 0 Å². The van der Waals surface area contributed by atoms with Crippen molar-refractivity contribution in [3.8, 4) is 0 Å². The highest BCUT2D eigenvalue weighted by atomic mass is 16.5. The lowest BCUT2D eigenvalue weighted by Crippen LogP contribution is -2.34. The molecule has 0 saturated heterocycles. The lowest BCUT2D eigenvalue weighted by molar-refractivity contribution is 0.331. The molecule has 4 aromatic rings. The third-order valence-corrected chi connectivity index (χ3v) is 12.0. The minimum atomic E-state index is 0.232. The van der Waals surface area contributed by atoms with E-state index in [0.717, 1.165) is 30.8 Å². The van der Waals surface area contributed by atoms with Gasteiger partial charge in [-0.1, -0.05) is 117 Å². The number of rotatable bonds is 9. The number of aryl methyl sites for hydroxylation is 2. The summed E-state index contributed by atoms with van der Waals surface area (Å²) >= 11 is 0. The van der Waals surface area contributed by atoms with E-state index < -0.39 is 0 Å². The molecule has 0 radical (unpaired) electrons. The highest BCUT2D eigenvalue weighted by molar-refractivity contribution is 5.82. The minimum absolute atomic E-state index is 0.232. The molecule has 2 aliphatic carbocycles. The van der Waals surface area contributed by atoms with Crippen molar-refractivity contribution in [2.45, 2.75) is 163 Å². The van der Waals surface area contributed by atoms with E-state index in [9.17, 15) is 0 Å². The molecule has 4 heteroatoms. The first-order valence-electron chi connectivity index (χ1n) is 19.5. The summed E-state index contributed by atoms with van der Waals surface area (Å²) in [4.78, 5) is 0. The Morgan fingerprint density at radius 1 is 0.569 bits per heavy atom. The molecular formula is C47H64N2O2. The van der Waals surface area contributed by atoms with E-state index in [4.69, 9.17) is 9.05 Å². The summed E-state index contributed by atoms with van der Waals surface area (Å²) in [5.41, 5.74) is 15.3. The summed E-state index contributed by atoms with van der Waals surface area (Å²) in [5, 5.41) is 7.65. The molecule has 0 amide bonds. The normalized spacial score (nSPS) is 18.7. The van der Waals surface area contributed by atoms with Crippen LogP contribution in [-0.2, 0) is 34.5 Å². The van der Waals surface area contributed by atoms with Crippen LogP contribution in [0, 0.1) is 0 Å². The number of benzene rings is 2. The van der Waals surface area contributed by atoms with Crippen LogP contribution in [0.15, 0.2) is 57.8 Å². The number of unbranched alkanes of at least 4 members (excludes halogenated alkanes) is 1. The number of allylic oxidation sites excluding steroid dienone is 2. The smallest absolute Gasteiger partial charge is 0.159 e. The number of hydrogen-bond acceptors (Lipinski definition) is 4. The molecule has 0 unspecified atom stereocenters. The van der Waals surface area contributed by atoms with E-state index in [2.05, 4.69) is 130 Å². The fourth-order valence-electron chi connectivity index (χ4n) is 8.28. The zero-order chi connectivity index (χ0) is 37.2. The largest absolute Gasteiger partial charge is 0.357 e. The summed E-state index contributed by atoms with van der Waals surface area (Å²) < 4.78 is 10.6. The molecule has 0 aliphatic heterocycles. The predicted molar refractivity (Wildman–Crippen MR) is 216 cm³/mol. The Labute approximate surface area is 309 Å². The monoisotopic (exact) mass is 688 g/mol. The lowest BCUT2D eigenvalue weighted by Gasteiger charge is -2.42. The van der Waals surface area contributed by atoms with Gasteiger partial charge in [0.05, 0.1) is 12.4 Å². The fourth-order valence-corrected chi connectivity index (χ4v) is 8.28. The Morgan fingerprint density at radius 3 is 1.27 bits per heavy atom. The Balaban J connectivity index is 0.000000198. The average Bonchev–Trinajstić information content (AvgIpc) is 3.79. The van der Waals surface area contributed by atoms with Gasteiger partial charge in [-0.25, -0.2) is 0 Å². The van der Waals surface area contributed by atoms with Crippen molar-refractivity contribution in [2.24, 2.45) is 0 Å². The van der Waals surface area contributed by atoms with Crippen molar-refractivity contribution in [3.63, 3.8) is 0 Å². The van der Waals surface area contributed by atoms with Crippen LogP contribution in [0.5, 0.6) is 0 Å². The van der Waals surface area contributed by atoms with Crippen LogP contribution in [0.2, 0.25) is 0 Å². The van der Waals surface area contributed by atoms with Gasteiger partial charge in [-0.05, 0) is 148 Å². The number of aromatic nitrogens is 2. The van der Waals surface area contributed by atoms with Gasteiger partial charge in [0.1, 0.15) is 0 Å². The Morgan fingerprint density at radius 2 is 0.941 bits per heavy atom. The fraction of sp³-hybridized carbons (Fsp3) is 0.532. The van der Waals surface area contributed by atoms with Crippen molar-refractivity contribution in [1.82, 2.24) is 10.3 Å². The first-order valence-corrected chi connectivity index (χ1v) is 19.5. The predicted octanol–water partition coefficient (Wildman–Crippen LogP) is 13.5. The molecule has 0 N–H and O–H groups in total. The molecule has 6 rings (SSSR count). The summed E-state index contributed by atoms with van der Waals surface area (Å²) in [6, 6.07) is 13.8. The highest BCUT2D eigenvalue weighted by Gasteiger charge is 2.39. The van der Waals surface area contributed by atoms with Crippen LogP contribution in [0.3, 0.4) is 0 Å². The molecule has 0 bridgehead atoms. The average molecular weight is 689 g/mol. The minimum Gasteiger partial charge on any atom is -0.357 e. The lowest BCUT2D eigenvalue weighted by atomic mass is 9.62. The molecule has 0 saturated carbocycles. The third-order valence-electron chi connectivity index (χ3n) is 12.0. The maximum atomic E-state index is 5.31. The van der Waals surface area contributed by atoms with Crippen molar-refractivity contribution in [1.29, 1.82) is 0 Å². The molecule has 0 atom stereocenters. The molecule has 2 heterocycles. The Hall–Kier alpha value is -3.66. The SMILES string of the molecule is CCCCc1cc2c(cc1C(C)=Cc1ccno1)C(C)(C)CCC2(C)C.CCCc1cc2c(cc1C(C)=Cc1ccno1)C(C)(C)CCC2(C)C. The summed E-state index contributed by atoms with van der Waals surface area (Å²) in [6.07, 6.45) is 18.5. The van der Waals surface area contributed by atoms with Gasteiger partial charge in [0, 0.05) is 12.1 Å². The van der Waals surface area contributed by atoms with E-state index in [0.29, 0.717) is 0 Å². The second-order valence-electron chi connectivity index (χ2n) is 18.0. The standard InChI is InChI=1S/C24H33NO.C23H31NO/c1-7-8-9-18-15-21-22(24(5,6)12-11-23(21,3)4)16-20(18)17(2)14-19-10-13-25-26-19;1-7-8-17-14-20-21(23(5,6)11-10-22(20,3)4)15-19(17)16(2)13-18-9-12-24-25-18/h10,13-16H,7-9,11-12H2,1-6H3;9,12-15H,7-8,10-11H2,1-6H3. The molecule has 2 aromatic heterocycles. The van der Waals surface area contributed by atoms with Gasteiger partial charge < -0.3 is 9.05 Å². The maximum absolute atomic E-state index is 5.31. The number of hydrogen-bond donors (Lipinski definition) is 0. The van der Waals surface area contributed by atoms with Gasteiger partial charge >= 0.3 is 0 Å². The molecular weight excluding hydrogens is 625 g/mol. The van der Waals surface area contributed by atoms with Gasteiger partial charge in [-0.3, -0.25) is 0 Å². The molecule has 51 heavy (non-hydrogen) atoms. The van der Waals surface area contributed by atoms with Crippen LogP contribution in [0.4, 0.5) is 0 Å². The summed E-state index contributed by atoms with van der Waals surface area (Å²) in [5.74, 6) is 1.64. The van der Waals surface area contributed by atoms with Crippen LogP contribution >= 0.6 is 0 Å². The van der Waals surface area contributed by atoms with Crippen molar-refractivity contribution >= 4 is 23.3 Å². The van der Waals surface area contributed by atoms with Crippen LogP contribution in [0.25, 0.3) is 23.3 Å². The van der Waals surface area contributed by atoms with E-state index in [1.165, 1.54) is 83.1 Å². The van der Waals surface area contributed by atoms with Crippen LogP contribution < -0.4 is 0 Å². The van der Waals surface area contributed by atoms with Gasteiger partial charge in [-0.2, -0.15) is 0 Å². The first kappa shape index (κ1) is 38.6. The third kappa shape index (κ3) is 8.53. The topological polar surface area (TPSA) is 52.1 Å². The molecule has 2 aliphatic rings. The maximum Gasteiger partial charge on any atom is 0.159 e. The number of fused-ring (bicyclic) bond motifs is 2. The molecule has 2 aromatic carbocycles. The number of nitrogens with zero attached hydrogens (tertiary/aromatic N) is 2.